The molecule has 0 radical (unpaired) electrons. The number of carbonyl (C=O) groups excluding carboxylic acids is 1. The molecule has 1 aliphatic heterocycles. The normalized spacial score (nSPS) is 19.7. The number of halogens is 4. The minimum atomic E-state index is -4.52. The summed E-state index contributed by atoms with van der Waals surface area (Å²) in [6.45, 7) is 0.612. The fraction of sp³-hybridized carbons (Fsp3) is 0.462. The molecule has 2 aromatic heterocycles. The quantitative estimate of drug-likeness (QED) is 0.889. The largest absolute Gasteiger partial charge is 0.417 e. The molecule has 124 valence electrons. The summed E-state index contributed by atoms with van der Waals surface area (Å²) in [5.41, 5.74) is -0.752. The van der Waals surface area contributed by atoms with Crippen molar-refractivity contribution in [3.63, 3.8) is 0 Å². The summed E-state index contributed by atoms with van der Waals surface area (Å²) in [6, 6.07) is 0.818. The summed E-state index contributed by atoms with van der Waals surface area (Å²) in [5, 5.41) is 10.2. The minimum absolute atomic E-state index is 0.135. The molecule has 0 aliphatic carbocycles. The van der Waals surface area contributed by atoms with E-state index in [0.29, 0.717) is 13.0 Å². The number of nitrogens with one attached hydrogen (secondary N) is 1. The van der Waals surface area contributed by atoms with E-state index >= 15 is 0 Å². The Morgan fingerprint density at radius 1 is 1.35 bits per heavy atom. The molecule has 1 aliphatic rings. The molecule has 1 fully saturated rings. The van der Waals surface area contributed by atoms with E-state index in [2.05, 4.69) is 15.5 Å². The first-order chi connectivity index (χ1) is 10.9. The third kappa shape index (κ3) is 3.40. The van der Waals surface area contributed by atoms with Gasteiger partial charge in [0.1, 0.15) is 0 Å². The highest BCUT2D eigenvalue weighted by Crippen LogP contribution is 2.34. The van der Waals surface area contributed by atoms with Crippen molar-refractivity contribution >= 4 is 34.9 Å². The Morgan fingerprint density at radius 3 is 2.87 bits per heavy atom. The van der Waals surface area contributed by atoms with E-state index in [-0.39, 0.29) is 21.7 Å². The van der Waals surface area contributed by atoms with Crippen LogP contribution in [0.25, 0.3) is 5.65 Å². The third-order valence-electron chi connectivity index (χ3n) is 3.49. The summed E-state index contributed by atoms with van der Waals surface area (Å²) in [7, 11) is 0. The minimum Gasteiger partial charge on any atom is -0.355 e. The van der Waals surface area contributed by atoms with Crippen molar-refractivity contribution in [2.75, 3.05) is 6.54 Å². The van der Waals surface area contributed by atoms with E-state index in [0.717, 1.165) is 36.9 Å². The van der Waals surface area contributed by atoms with Gasteiger partial charge in [0.15, 0.2) is 10.8 Å². The molecule has 5 nitrogen and oxygen atoms in total. The molecule has 1 saturated heterocycles. The van der Waals surface area contributed by atoms with Gasteiger partial charge in [-0.05, 0) is 18.9 Å². The molecule has 1 amide bonds. The molecule has 0 saturated carbocycles. The van der Waals surface area contributed by atoms with Crippen LogP contribution in [0.4, 0.5) is 13.2 Å². The summed E-state index contributed by atoms with van der Waals surface area (Å²) < 4.78 is 40.0. The lowest BCUT2D eigenvalue weighted by molar-refractivity contribution is -0.137. The topological polar surface area (TPSA) is 59.3 Å². The number of amides is 1. The monoisotopic (exact) mass is 364 g/mol. The van der Waals surface area contributed by atoms with Crippen LogP contribution in [0.2, 0.25) is 5.02 Å². The van der Waals surface area contributed by atoms with Gasteiger partial charge in [-0.25, -0.2) is 0 Å². The molecule has 3 rings (SSSR count). The van der Waals surface area contributed by atoms with Gasteiger partial charge in [-0.15, -0.1) is 10.2 Å². The van der Waals surface area contributed by atoms with Crippen molar-refractivity contribution in [2.45, 2.75) is 35.8 Å². The van der Waals surface area contributed by atoms with Gasteiger partial charge in [0, 0.05) is 12.7 Å². The van der Waals surface area contributed by atoms with Crippen LogP contribution in [-0.2, 0) is 11.0 Å². The highest BCUT2D eigenvalue weighted by molar-refractivity contribution is 8.00. The third-order valence-corrected chi connectivity index (χ3v) is 4.99. The van der Waals surface area contributed by atoms with Crippen LogP contribution in [0, 0.1) is 0 Å². The molecule has 23 heavy (non-hydrogen) atoms. The Labute approximate surface area is 138 Å². The number of alkyl halides is 3. The Balaban J connectivity index is 1.97. The summed E-state index contributed by atoms with van der Waals surface area (Å²) in [5.74, 6) is -0.137. The Kier molecular flexibility index (Phi) is 4.41. The standard InChI is InChI=1S/C13H12ClF3N4OS/c14-8-5-7(13(15,16)17)6-21-10(8)19-20-12(21)23-9-3-1-2-4-18-11(9)22/h5-6,9H,1-4H2,(H,18,22)/t9-/m0/s1. The number of pyridine rings is 1. The number of hydrogen-bond acceptors (Lipinski definition) is 4. The van der Waals surface area contributed by atoms with Crippen molar-refractivity contribution < 1.29 is 18.0 Å². The van der Waals surface area contributed by atoms with Gasteiger partial charge < -0.3 is 5.32 Å². The first-order valence-electron chi connectivity index (χ1n) is 6.92. The average molecular weight is 365 g/mol. The fourth-order valence-electron chi connectivity index (χ4n) is 2.32. The SMILES string of the molecule is O=C1NCCCC[C@@H]1Sc1nnc2c(Cl)cc(C(F)(F)F)cn12. The summed E-state index contributed by atoms with van der Waals surface area (Å²) >= 11 is 6.97. The molecule has 0 spiro atoms. The summed E-state index contributed by atoms with van der Waals surface area (Å²) in [4.78, 5) is 12.0. The molecular weight excluding hydrogens is 353 g/mol. The van der Waals surface area contributed by atoms with Crippen molar-refractivity contribution in [1.29, 1.82) is 0 Å². The lowest BCUT2D eigenvalue weighted by atomic mass is 10.2. The number of carbonyl (C=O) groups is 1. The Bertz CT molecular complexity index is 749. The van der Waals surface area contributed by atoms with Crippen LogP contribution in [0.15, 0.2) is 17.4 Å². The van der Waals surface area contributed by atoms with Crippen LogP contribution in [0.3, 0.4) is 0 Å². The van der Waals surface area contributed by atoms with Gasteiger partial charge in [0.05, 0.1) is 15.8 Å². The Hall–Kier alpha value is -1.48. The maximum atomic E-state index is 12.9. The lowest BCUT2D eigenvalue weighted by Crippen LogP contribution is -2.30. The molecule has 3 heterocycles. The Morgan fingerprint density at radius 2 is 2.13 bits per heavy atom. The number of aromatic nitrogens is 3. The number of hydrogen-bond donors (Lipinski definition) is 1. The smallest absolute Gasteiger partial charge is 0.355 e. The first-order valence-corrected chi connectivity index (χ1v) is 8.18. The van der Waals surface area contributed by atoms with Crippen molar-refractivity contribution in [3.05, 3.63) is 22.8 Å². The number of fused-ring (bicyclic) bond motifs is 1. The van der Waals surface area contributed by atoms with E-state index in [1.807, 2.05) is 0 Å². The van der Waals surface area contributed by atoms with Crippen LogP contribution >= 0.6 is 23.4 Å². The van der Waals surface area contributed by atoms with Gasteiger partial charge in [-0.1, -0.05) is 29.8 Å². The van der Waals surface area contributed by atoms with Crippen molar-refractivity contribution in [3.8, 4) is 0 Å². The van der Waals surface area contributed by atoms with Crippen LogP contribution in [0.1, 0.15) is 24.8 Å². The molecule has 0 bridgehead atoms. The van der Waals surface area contributed by atoms with Crippen LogP contribution < -0.4 is 5.32 Å². The lowest BCUT2D eigenvalue weighted by Gasteiger charge is -2.12. The molecular formula is C13H12ClF3N4OS. The molecule has 0 unspecified atom stereocenters. The van der Waals surface area contributed by atoms with E-state index in [1.54, 1.807) is 0 Å². The van der Waals surface area contributed by atoms with Gasteiger partial charge in [0.2, 0.25) is 5.91 Å². The van der Waals surface area contributed by atoms with E-state index in [4.69, 9.17) is 11.6 Å². The maximum Gasteiger partial charge on any atom is 0.417 e. The molecule has 1 atom stereocenters. The zero-order valence-electron chi connectivity index (χ0n) is 11.7. The van der Waals surface area contributed by atoms with E-state index < -0.39 is 17.0 Å². The van der Waals surface area contributed by atoms with Crippen molar-refractivity contribution in [1.82, 2.24) is 19.9 Å². The van der Waals surface area contributed by atoms with Gasteiger partial charge in [0.25, 0.3) is 0 Å². The van der Waals surface area contributed by atoms with Gasteiger partial charge in [-0.3, -0.25) is 9.20 Å². The zero-order chi connectivity index (χ0) is 16.6. The van der Waals surface area contributed by atoms with Crippen LogP contribution in [-0.4, -0.2) is 32.3 Å². The fourth-order valence-corrected chi connectivity index (χ4v) is 3.64. The highest BCUT2D eigenvalue weighted by atomic mass is 35.5. The van der Waals surface area contributed by atoms with E-state index in [9.17, 15) is 18.0 Å². The second kappa shape index (κ2) is 6.20. The second-order valence-corrected chi connectivity index (χ2v) is 6.72. The predicted octanol–water partition coefficient (Wildman–Crippen LogP) is 3.16. The number of rotatable bonds is 2. The number of nitrogens with zero attached hydrogens (tertiary/aromatic N) is 3. The highest BCUT2D eigenvalue weighted by Gasteiger charge is 2.33. The zero-order valence-corrected chi connectivity index (χ0v) is 13.3. The maximum absolute atomic E-state index is 12.9. The van der Waals surface area contributed by atoms with Gasteiger partial charge in [-0.2, -0.15) is 13.2 Å². The molecule has 2 aromatic rings. The molecule has 1 N–H and O–H groups in total. The predicted molar refractivity (Wildman–Crippen MR) is 79.5 cm³/mol. The molecule has 0 aromatic carbocycles. The van der Waals surface area contributed by atoms with Gasteiger partial charge >= 0.3 is 6.18 Å². The number of thioether (sulfide) groups is 1. The summed E-state index contributed by atoms with van der Waals surface area (Å²) in [6.07, 6.45) is -1.24. The average Bonchev–Trinajstić information content (AvgIpc) is 2.77. The van der Waals surface area contributed by atoms with Crippen molar-refractivity contribution in [2.24, 2.45) is 0 Å². The first kappa shape index (κ1) is 16.4. The van der Waals surface area contributed by atoms with Crippen LogP contribution in [0.5, 0.6) is 0 Å². The molecule has 10 heteroatoms. The van der Waals surface area contributed by atoms with E-state index in [1.165, 1.54) is 4.40 Å². The second-order valence-electron chi connectivity index (χ2n) is 5.14.